The molecule has 0 heterocycles. The zero-order chi connectivity index (χ0) is 24.3. The van der Waals surface area contributed by atoms with Crippen molar-refractivity contribution in [3.63, 3.8) is 0 Å². The number of carbonyl (C=O) groups is 3. The minimum atomic E-state index is -0.706. The van der Waals surface area contributed by atoms with Gasteiger partial charge < -0.3 is 24.8 Å². The molecule has 2 aromatic rings. The second kappa shape index (κ2) is 12.4. The van der Waals surface area contributed by atoms with Crippen molar-refractivity contribution in [2.75, 3.05) is 25.6 Å². The highest BCUT2D eigenvalue weighted by atomic mass is 16.6. The lowest BCUT2D eigenvalue weighted by Crippen LogP contribution is -2.33. The van der Waals surface area contributed by atoms with E-state index in [0.717, 1.165) is 31.2 Å². The van der Waals surface area contributed by atoms with Crippen molar-refractivity contribution in [1.29, 1.82) is 0 Å². The number of rotatable bonds is 10. The first kappa shape index (κ1) is 24.8. The van der Waals surface area contributed by atoms with Gasteiger partial charge in [-0.3, -0.25) is 9.59 Å². The van der Waals surface area contributed by atoms with Gasteiger partial charge >= 0.3 is 5.97 Å². The van der Waals surface area contributed by atoms with Crippen LogP contribution in [0, 0.1) is 0 Å². The molecule has 1 aliphatic rings. The Morgan fingerprint density at radius 2 is 1.79 bits per heavy atom. The van der Waals surface area contributed by atoms with Crippen LogP contribution in [0.1, 0.15) is 48.5 Å². The molecule has 8 heteroatoms. The summed E-state index contributed by atoms with van der Waals surface area (Å²) in [6, 6.07) is 12.2. The third kappa shape index (κ3) is 7.10. The van der Waals surface area contributed by atoms with Gasteiger partial charge in [-0.1, -0.05) is 43.2 Å². The fourth-order valence-corrected chi connectivity index (χ4v) is 3.73. The molecule has 3 rings (SSSR count). The summed E-state index contributed by atoms with van der Waals surface area (Å²) in [6.45, 7) is 1.03. The Kier molecular flexibility index (Phi) is 9.08. The van der Waals surface area contributed by atoms with Gasteiger partial charge in [-0.15, -0.1) is 0 Å². The number of esters is 1. The standard InChI is InChI=1S/C26H30N2O6/c1-3-8-18-13-14-22(23(15-18)32-2)33-17-25(30)34-16-24(29)28-21-12-7-6-11-20(21)26(31)27-19-9-4-5-10-19/h3,6-8,11-15,19H,4-5,9-10,16-17H2,1-2H3,(H,27,31)(H,28,29)/b8-3+. The molecule has 0 unspecified atom stereocenters. The van der Waals surface area contributed by atoms with Gasteiger partial charge in [0.05, 0.1) is 18.4 Å². The predicted molar refractivity (Wildman–Crippen MR) is 129 cm³/mol. The van der Waals surface area contributed by atoms with E-state index in [2.05, 4.69) is 10.6 Å². The van der Waals surface area contributed by atoms with Crippen LogP contribution >= 0.6 is 0 Å². The van der Waals surface area contributed by atoms with E-state index in [-0.39, 0.29) is 18.6 Å². The molecule has 0 aromatic heterocycles. The first-order valence-corrected chi connectivity index (χ1v) is 11.3. The van der Waals surface area contributed by atoms with E-state index >= 15 is 0 Å². The highest BCUT2D eigenvalue weighted by Gasteiger charge is 2.20. The van der Waals surface area contributed by atoms with E-state index in [1.807, 2.05) is 25.1 Å². The van der Waals surface area contributed by atoms with Crippen LogP contribution in [-0.4, -0.2) is 44.1 Å². The summed E-state index contributed by atoms with van der Waals surface area (Å²) in [6.07, 6.45) is 7.95. The summed E-state index contributed by atoms with van der Waals surface area (Å²) in [7, 11) is 1.51. The van der Waals surface area contributed by atoms with Gasteiger partial charge in [0.1, 0.15) is 0 Å². The monoisotopic (exact) mass is 466 g/mol. The zero-order valence-corrected chi connectivity index (χ0v) is 19.5. The Hall–Kier alpha value is -3.81. The average molecular weight is 467 g/mol. The average Bonchev–Trinajstić information content (AvgIpc) is 3.35. The summed E-state index contributed by atoms with van der Waals surface area (Å²) in [5.41, 5.74) is 1.66. The Balaban J connectivity index is 1.49. The Bertz CT molecular complexity index is 1040. The van der Waals surface area contributed by atoms with Gasteiger partial charge in [0.15, 0.2) is 24.7 Å². The minimum absolute atomic E-state index is 0.162. The topological polar surface area (TPSA) is 103 Å². The van der Waals surface area contributed by atoms with E-state index < -0.39 is 18.5 Å². The predicted octanol–water partition coefficient (Wildman–Crippen LogP) is 3.96. The molecule has 2 amide bonds. The van der Waals surface area contributed by atoms with Crippen molar-refractivity contribution in [1.82, 2.24) is 5.32 Å². The van der Waals surface area contributed by atoms with Crippen molar-refractivity contribution in [3.8, 4) is 11.5 Å². The Morgan fingerprint density at radius 3 is 2.53 bits per heavy atom. The number of para-hydroxylation sites is 1. The van der Waals surface area contributed by atoms with Crippen LogP contribution in [0.2, 0.25) is 0 Å². The molecule has 1 saturated carbocycles. The largest absolute Gasteiger partial charge is 0.493 e. The van der Waals surface area contributed by atoms with Crippen LogP contribution in [0.25, 0.3) is 6.08 Å². The highest BCUT2D eigenvalue weighted by molar-refractivity contribution is 6.04. The number of hydrogen-bond acceptors (Lipinski definition) is 6. The summed E-state index contributed by atoms with van der Waals surface area (Å²) in [5, 5.41) is 5.64. The number of anilines is 1. The number of hydrogen-bond donors (Lipinski definition) is 2. The molecule has 0 saturated heterocycles. The summed E-state index contributed by atoms with van der Waals surface area (Å²) >= 11 is 0. The summed E-state index contributed by atoms with van der Waals surface area (Å²) < 4.78 is 15.8. The second-order valence-electron chi connectivity index (χ2n) is 7.91. The minimum Gasteiger partial charge on any atom is -0.493 e. The van der Waals surface area contributed by atoms with Gasteiger partial charge in [0.25, 0.3) is 11.8 Å². The lowest BCUT2D eigenvalue weighted by Gasteiger charge is -2.15. The van der Waals surface area contributed by atoms with Crippen LogP contribution in [0.5, 0.6) is 11.5 Å². The molecule has 2 aromatic carbocycles. The van der Waals surface area contributed by atoms with E-state index in [0.29, 0.717) is 22.7 Å². The molecular weight excluding hydrogens is 436 g/mol. The second-order valence-corrected chi connectivity index (χ2v) is 7.91. The van der Waals surface area contributed by atoms with Crippen LogP contribution < -0.4 is 20.1 Å². The van der Waals surface area contributed by atoms with Gasteiger partial charge in [0.2, 0.25) is 0 Å². The van der Waals surface area contributed by atoms with Crippen molar-refractivity contribution in [3.05, 3.63) is 59.7 Å². The third-order valence-corrected chi connectivity index (χ3v) is 5.39. The van der Waals surface area contributed by atoms with E-state index in [4.69, 9.17) is 14.2 Å². The molecule has 0 spiro atoms. The molecule has 1 fully saturated rings. The van der Waals surface area contributed by atoms with E-state index in [1.54, 1.807) is 36.4 Å². The Morgan fingerprint density at radius 1 is 1.03 bits per heavy atom. The molecule has 0 atom stereocenters. The molecule has 34 heavy (non-hydrogen) atoms. The molecule has 8 nitrogen and oxygen atoms in total. The summed E-state index contributed by atoms with van der Waals surface area (Å²) in [4.78, 5) is 37.0. The van der Waals surface area contributed by atoms with Crippen molar-refractivity contribution >= 4 is 29.5 Å². The SMILES string of the molecule is C/C=C/c1ccc(OCC(=O)OCC(=O)Nc2ccccc2C(=O)NC2CCCC2)c(OC)c1. The fraction of sp³-hybridized carbons (Fsp3) is 0.346. The molecule has 2 N–H and O–H groups in total. The number of carbonyl (C=O) groups excluding carboxylic acids is 3. The molecule has 0 radical (unpaired) electrons. The zero-order valence-electron chi connectivity index (χ0n) is 19.5. The first-order chi connectivity index (χ1) is 16.5. The number of amides is 2. The molecule has 180 valence electrons. The maximum absolute atomic E-state index is 12.6. The van der Waals surface area contributed by atoms with E-state index in [1.165, 1.54) is 7.11 Å². The number of nitrogens with one attached hydrogen (secondary N) is 2. The summed E-state index contributed by atoms with van der Waals surface area (Å²) in [5.74, 6) is -0.625. The first-order valence-electron chi connectivity index (χ1n) is 11.3. The van der Waals surface area contributed by atoms with Crippen LogP contribution in [0.3, 0.4) is 0 Å². The molecule has 0 aliphatic heterocycles. The lowest BCUT2D eigenvalue weighted by molar-refractivity contribution is -0.149. The van der Waals surface area contributed by atoms with Gasteiger partial charge in [-0.2, -0.15) is 0 Å². The van der Waals surface area contributed by atoms with Crippen LogP contribution in [-0.2, 0) is 14.3 Å². The van der Waals surface area contributed by atoms with Crippen molar-refractivity contribution in [2.24, 2.45) is 0 Å². The quantitative estimate of drug-likeness (QED) is 0.514. The fourth-order valence-electron chi connectivity index (χ4n) is 3.73. The van der Waals surface area contributed by atoms with Crippen LogP contribution in [0.4, 0.5) is 5.69 Å². The van der Waals surface area contributed by atoms with Crippen molar-refractivity contribution in [2.45, 2.75) is 38.6 Å². The Labute approximate surface area is 199 Å². The molecule has 1 aliphatic carbocycles. The molecular formula is C26H30N2O6. The number of methoxy groups -OCH3 is 1. The normalized spacial score (nSPS) is 13.5. The smallest absolute Gasteiger partial charge is 0.344 e. The van der Waals surface area contributed by atoms with Gasteiger partial charge in [-0.05, 0) is 49.6 Å². The van der Waals surface area contributed by atoms with Gasteiger partial charge in [0, 0.05) is 6.04 Å². The van der Waals surface area contributed by atoms with Crippen molar-refractivity contribution < 1.29 is 28.6 Å². The molecule has 0 bridgehead atoms. The third-order valence-electron chi connectivity index (χ3n) is 5.39. The lowest BCUT2D eigenvalue weighted by atomic mass is 10.1. The number of allylic oxidation sites excluding steroid dienone is 1. The highest BCUT2D eigenvalue weighted by Crippen LogP contribution is 2.28. The van der Waals surface area contributed by atoms with Crippen LogP contribution in [0.15, 0.2) is 48.5 Å². The maximum atomic E-state index is 12.6. The number of benzene rings is 2. The maximum Gasteiger partial charge on any atom is 0.344 e. The van der Waals surface area contributed by atoms with E-state index in [9.17, 15) is 14.4 Å². The number of ether oxygens (including phenoxy) is 3. The van der Waals surface area contributed by atoms with Gasteiger partial charge in [-0.25, -0.2) is 4.79 Å².